The van der Waals surface area contributed by atoms with Gasteiger partial charge in [-0.2, -0.15) is 5.26 Å². The van der Waals surface area contributed by atoms with E-state index in [0.717, 1.165) is 28.9 Å². The van der Waals surface area contributed by atoms with E-state index < -0.39 is 0 Å². The van der Waals surface area contributed by atoms with Gasteiger partial charge in [0.25, 0.3) is 0 Å². The summed E-state index contributed by atoms with van der Waals surface area (Å²) < 4.78 is 0. The van der Waals surface area contributed by atoms with Gasteiger partial charge in [0.05, 0.1) is 11.6 Å². The van der Waals surface area contributed by atoms with Gasteiger partial charge in [0, 0.05) is 25.0 Å². The maximum atomic E-state index is 8.88. The van der Waals surface area contributed by atoms with Gasteiger partial charge in [-0.1, -0.05) is 36.4 Å². The van der Waals surface area contributed by atoms with E-state index in [2.05, 4.69) is 53.6 Å². The third kappa shape index (κ3) is 2.93. The van der Waals surface area contributed by atoms with E-state index in [1.165, 1.54) is 0 Å². The van der Waals surface area contributed by atoms with Crippen molar-refractivity contribution in [3.8, 4) is 17.2 Å². The fourth-order valence-corrected chi connectivity index (χ4v) is 2.52. The second kappa shape index (κ2) is 6.30. The van der Waals surface area contributed by atoms with E-state index in [9.17, 15) is 0 Å². The molecule has 0 aliphatic carbocycles. The average Bonchev–Trinajstić information content (AvgIpc) is 2.62. The van der Waals surface area contributed by atoms with Crippen LogP contribution in [0.2, 0.25) is 0 Å². The summed E-state index contributed by atoms with van der Waals surface area (Å²) in [7, 11) is 0. The van der Waals surface area contributed by atoms with Crippen LogP contribution in [0.5, 0.6) is 0 Å². The fourth-order valence-electron chi connectivity index (χ4n) is 2.52. The van der Waals surface area contributed by atoms with Crippen molar-refractivity contribution in [1.29, 1.82) is 5.26 Å². The van der Waals surface area contributed by atoms with Crippen molar-refractivity contribution in [3.05, 3.63) is 78.0 Å². The topological polar surface area (TPSA) is 53.0 Å². The Morgan fingerprint density at radius 1 is 1.09 bits per heavy atom. The highest BCUT2D eigenvalue weighted by Gasteiger charge is 2.08. The molecule has 0 unspecified atom stereocenters. The molecule has 2 aromatic carbocycles. The van der Waals surface area contributed by atoms with E-state index in [4.69, 9.17) is 11.0 Å². The van der Waals surface area contributed by atoms with Gasteiger partial charge in [-0.25, -0.2) is 0 Å². The molecular formula is C19H17N3. The highest BCUT2D eigenvalue weighted by molar-refractivity contribution is 5.70. The summed E-state index contributed by atoms with van der Waals surface area (Å²) in [4.78, 5) is 2.19. The van der Waals surface area contributed by atoms with E-state index in [0.29, 0.717) is 12.1 Å². The molecule has 0 fully saturated rings. The zero-order valence-corrected chi connectivity index (χ0v) is 12.2. The minimum Gasteiger partial charge on any atom is -0.344 e. The summed E-state index contributed by atoms with van der Waals surface area (Å²) in [5.41, 5.74) is 10.9. The first-order valence-electron chi connectivity index (χ1n) is 7.25. The van der Waals surface area contributed by atoms with Crippen molar-refractivity contribution in [2.45, 2.75) is 0 Å². The molecule has 3 heteroatoms. The Hall–Kier alpha value is -2.83. The Balaban J connectivity index is 1.91. The molecule has 0 saturated carbocycles. The van der Waals surface area contributed by atoms with E-state index in [1.807, 2.05) is 24.3 Å². The third-order valence-corrected chi connectivity index (χ3v) is 3.72. The zero-order chi connectivity index (χ0) is 15.4. The van der Waals surface area contributed by atoms with Gasteiger partial charge in [0.1, 0.15) is 0 Å². The van der Waals surface area contributed by atoms with Crippen LogP contribution in [0.3, 0.4) is 0 Å². The number of anilines is 1. The first-order chi connectivity index (χ1) is 10.8. The lowest BCUT2D eigenvalue weighted by molar-refractivity contribution is 1.03. The largest absolute Gasteiger partial charge is 0.344 e. The first-order valence-corrected chi connectivity index (χ1v) is 7.25. The second-order valence-electron chi connectivity index (χ2n) is 5.20. The maximum Gasteiger partial charge on any atom is 0.0991 e. The van der Waals surface area contributed by atoms with Crippen LogP contribution in [0.4, 0.5) is 5.69 Å². The van der Waals surface area contributed by atoms with Crippen LogP contribution in [-0.4, -0.2) is 13.1 Å². The monoisotopic (exact) mass is 287 g/mol. The lowest BCUT2D eigenvalue weighted by atomic mass is 10.0. The van der Waals surface area contributed by atoms with Crippen molar-refractivity contribution in [1.82, 2.24) is 0 Å². The molecule has 0 amide bonds. The van der Waals surface area contributed by atoms with Gasteiger partial charge >= 0.3 is 0 Å². The lowest BCUT2D eigenvalue weighted by Crippen LogP contribution is -2.21. The highest BCUT2D eigenvalue weighted by Crippen LogP contribution is 2.26. The Morgan fingerprint density at radius 2 is 1.91 bits per heavy atom. The Bertz CT molecular complexity index is 764. The Kier molecular flexibility index (Phi) is 4.04. The van der Waals surface area contributed by atoms with Crippen molar-refractivity contribution in [3.63, 3.8) is 0 Å². The molecule has 0 atom stereocenters. The Morgan fingerprint density at radius 3 is 2.64 bits per heavy atom. The molecule has 2 aromatic rings. The minimum atomic E-state index is 0.544. The number of rotatable bonds is 3. The number of benzene rings is 2. The normalized spacial score (nSPS) is 13.6. The van der Waals surface area contributed by atoms with Crippen molar-refractivity contribution in [2.75, 3.05) is 18.0 Å². The summed E-state index contributed by atoms with van der Waals surface area (Å²) >= 11 is 0. The summed E-state index contributed by atoms with van der Waals surface area (Å²) in [5, 5.41) is 8.88. The number of nitrogens with zero attached hydrogens (tertiary/aromatic N) is 2. The van der Waals surface area contributed by atoms with Crippen LogP contribution < -0.4 is 10.6 Å². The number of nitrogens with two attached hydrogens (primary N) is 1. The minimum absolute atomic E-state index is 0.544. The molecule has 1 aliphatic heterocycles. The van der Waals surface area contributed by atoms with Crippen LogP contribution in [-0.2, 0) is 0 Å². The van der Waals surface area contributed by atoms with Crippen LogP contribution in [0.1, 0.15) is 5.56 Å². The van der Waals surface area contributed by atoms with E-state index in [1.54, 1.807) is 0 Å². The quantitative estimate of drug-likeness (QED) is 0.940. The fraction of sp³-hybridized carbons (Fsp3) is 0.105. The van der Waals surface area contributed by atoms with Crippen LogP contribution >= 0.6 is 0 Å². The maximum absolute atomic E-state index is 8.88. The van der Waals surface area contributed by atoms with Crippen molar-refractivity contribution >= 4 is 5.69 Å². The van der Waals surface area contributed by atoms with Gasteiger partial charge < -0.3 is 10.6 Å². The van der Waals surface area contributed by atoms with Crippen molar-refractivity contribution in [2.24, 2.45) is 5.73 Å². The molecule has 2 N–H and O–H groups in total. The van der Waals surface area contributed by atoms with Crippen LogP contribution in [0.25, 0.3) is 11.1 Å². The smallest absolute Gasteiger partial charge is 0.0991 e. The van der Waals surface area contributed by atoms with Crippen LogP contribution in [0.15, 0.2) is 72.5 Å². The number of nitriles is 1. The van der Waals surface area contributed by atoms with Gasteiger partial charge in [-0.05, 0) is 41.0 Å². The van der Waals surface area contributed by atoms with Crippen LogP contribution in [0, 0.1) is 11.3 Å². The molecule has 0 saturated heterocycles. The molecule has 0 bridgehead atoms. The third-order valence-electron chi connectivity index (χ3n) is 3.72. The molecule has 1 aliphatic rings. The standard InChI is InChI=1S/C19H17N3/c20-12-15-6-8-17(9-7-15)18-4-1-5-19(11-18)22-10-2-3-16(13-21)14-22/h1-9,11,14H,10,13,21H2. The predicted octanol–water partition coefficient (Wildman–Crippen LogP) is 3.44. The molecule has 0 spiro atoms. The van der Waals surface area contributed by atoms with Gasteiger partial charge in [0.2, 0.25) is 0 Å². The summed E-state index contributed by atoms with van der Waals surface area (Å²) in [6.45, 7) is 1.39. The second-order valence-corrected chi connectivity index (χ2v) is 5.20. The average molecular weight is 287 g/mol. The lowest BCUT2D eigenvalue weighted by Gasteiger charge is -2.23. The van der Waals surface area contributed by atoms with E-state index in [-0.39, 0.29) is 0 Å². The molecular weight excluding hydrogens is 270 g/mol. The molecule has 1 heterocycles. The van der Waals surface area contributed by atoms with Gasteiger partial charge in [-0.15, -0.1) is 0 Å². The van der Waals surface area contributed by atoms with Crippen molar-refractivity contribution < 1.29 is 0 Å². The van der Waals surface area contributed by atoms with Gasteiger partial charge in [0.15, 0.2) is 0 Å². The Labute approximate surface area is 130 Å². The number of hydrogen-bond acceptors (Lipinski definition) is 3. The van der Waals surface area contributed by atoms with E-state index >= 15 is 0 Å². The van der Waals surface area contributed by atoms with Gasteiger partial charge in [-0.3, -0.25) is 0 Å². The molecule has 108 valence electrons. The molecule has 0 aromatic heterocycles. The SMILES string of the molecule is N#Cc1ccc(-c2cccc(N3C=C(CN)C=CC3)c2)cc1. The summed E-state index contributed by atoms with van der Waals surface area (Å²) in [5.74, 6) is 0. The molecule has 0 radical (unpaired) electrons. The summed E-state index contributed by atoms with van der Waals surface area (Å²) in [6, 6.07) is 18.2. The molecule has 3 nitrogen and oxygen atoms in total. The summed E-state index contributed by atoms with van der Waals surface area (Å²) in [6.07, 6.45) is 6.29. The first kappa shape index (κ1) is 14.1. The molecule has 22 heavy (non-hydrogen) atoms. The zero-order valence-electron chi connectivity index (χ0n) is 12.2. The number of hydrogen-bond donors (Lipinski definition) is 1. The molecule has 3 rings (SSSR count). The highest BCUT2D eigenvalue weighted by atomic mass is 15.1. The predicted molar refractivity (Wildman–Crippen MR) is 90.2 cm³/mol.